The van der Waals surface area contributed by atoms with Gasteiger partial charge in [-0.3, -0.25) is 4.79 Å². The van der Waals surface area contributed by atoms with Gasteiger partial charge in [-0.2, -0.15) is 5.10 Å². The predicted octanol–water partition coefficient (Wildman–Crippen LogP) is 3.93. The van der Waals surface area contributed by atoms with Gasteiger partial charge in [0, 0.05) is 18.8 Å². The fraction of sp³-hybridized carbons (Fsp3) is 0.273. The number of amides is 1. The third kappa shape index (κ3) is 4.40. The van der Waals surface area contributed by atoms with Crippen LogP contribution in [0.2, 0.25) is 0 Å². The van der Waals surface area contributed by atoms with Gasteiger partial charge in [0.2, 0.25) is 0 Å². The van der Waals surface area contributed by atoms with Crippen molar-refractivity contribution < 1.29 is 9.53 Å². The second kappa shape index (κ2) is 8.99. The summed E-state index contributed by atoms with van der Waals surface area (Å²) in [5.41, 5.74) is 7.56. The van der Waals surface area contributed by atoms with Crippen molar-refractivity contribution in [2.75, 3.05) is 26.3 Å². The van der Waals surface area contributed by atoms with Crippen LogP contribution < -0.4 is 5.43 Å². The number of nitrogens with one attached hydrogen (secondary N) is 1. The Kier molecular flexibility index (Phi) is 5.99. The zero-order valence-electron chi connectivity index (χ0n) is 15.6. The van der Waals surface area contributed by atoms with Crippen LogP contribution in [0, 0.1) is 0 Å². The third-order valence-electron chi connectivity index (χ3n) is 4.87. The van der Waals surface area contributed by atoms with Gasteiger partial charge in [-0.25, -0.2) is 5.43 Å². The SMILES string of the molecule is O=C(N/N=C\C1=C(N2CCOCC2)C(=Cc2ccccc2)CC1)c1cccs1. The molecule has 1 aromatic carbocycles. The number of allylic oxidation sites excluding steroid dienone is 2. The summed E-state index contributed by atoms with van der Waals surface area (Å²) in [5.74, 6) is -0.169. The van der Waals surface area contributed by atoms with Gasteiger partial charge in [0.15, 0.2) is 0 Å². The van der Waals surface area contributed by atoms with Gasteiger partial charge < -0.3 is 9.64 Å². The Morgan fingerprint density at radius 3 is 2.68 bits per heavy atom. The fourth-order valence-corrected chi connectivity index (χ4v) is 4.17. The highest BCUT2D eigenvalue weighted by Gasteiger charge is 2.25. The lowest BCUT2D eigenvalue weighted by Gasteiger charge is -2.31. The third-order valence-corrected chi connectivity index (χ3v) is 5.74. The lowest BCUT2D eigenvalue weighted by Crippen LogP contribution is -2.36. The molecule has 28 heavy (non-hydrogen) atoms. The number of hydrazone groups is 1. The maximum absolute atomic E-state index is 12.1. The summed E-state index contributed by atoms with van der Waals surface area (Å²) < 4.78 is 5.53. The molecule has 1 aliphatic heterocycles. The predicted molar refractivity (Wildman–Crippen MR) is 113 cm³/mol. The minimum Gasteiger partial charge on any atom is -0.378 e. The van der Waals surface area contributed by atoms with E-state index in [1.807, 2.05) is 23.7 Å². The minimum absolute atomic E-state index is 0.169. The summed E-state index contributed by atoms with van der Waals surface area (Å²) >= 11 is 1.41. The van der Waals surface area contributed by atoms with E-state index in [-0.39, 0.29) is 5.91 Å². The van der Waals surface area contributed by atoms with Gasteiger partial charge in [0.25, 0.3) is 5.91 Å². The summed E-state index contributed by atoms with van der Waals surface area (Å²) in [6.07, 6.45) is 5.96. The highest BCUT2D eigenvalue weighted by atomic mass is 32.1. The minimum atomic E-state index is -0.169. The van der Waals surface area contributed by atoms with E-state index in [1.165, 1.54) is 28.2 Å². The lowest BCUT2D eigenvalue weighted by molar-refractivity contribution is 0.0548. The average molecular weight is 394 g/mol. The first-order chi connectivity index (χ1) is 13.8. The van der Waals surface area contributed by atoms with Crippen LogP contribution in [-0.4, -0.2) is 43.3 Å². The molecule has 4 rings (SSSR count). The molecule has 1 aliphatic carbocycles. The van der Waals surface area contributed by atoms with Crippen LogP contribution in [0.4, 0.5) is 0 Å². The van der Waals surface area contributed by atoms with Gasteiger partial charge in [-0.15, -0.1) is 11.3 Å². The Labute approximate surface area is 169 Å². The average Bonchev–Trinajstić information content (AvgIpc) is 3.40. The maximum Gasteiger partial charge on any atom is 0.281 e. The van der Waals surface area contributed by atoms with E-state index in [2.05, 4.69) is 45.8 Å². The van der Waals surface area contributed by atoms with E-state index < -0.39 is 0 Å². The first-order valence-electron chi connectivity index (χ1n) is 9.50. The number of carbonyl (C=O) groups is 1. The Morgan fingerprint density at radius 1 is 1.11 bits per heavy atom. The summed E-state index contributed by atoms with van der Waals surface area (Å²) in [6, 6.07) is 14.0. The number of nitrogens with zero attached hydrogens (tertiary/aromatic N) is 2. The molecule has 6 heteroatoms. The van der Waals surface area contributed by atoms with Gasteiger partial charge in [0.05, 0.1) is 24.3 Å². The van der Waals surface area contributed by atoms with Crippen molar-refractivity contribution >= 4 is 29.5 Å². The van der Waals surface area contributed by atoms with Crippen molar-refractivity contribution in [3.05, 3.63) is 75.1 Å². The number of hydrogen-bond donors (Lipinski definition) is 1. The molecule has 144 valence electrons. The van der Waals surface area contributed by atoms with Crippen LogP contribution in [0.1, 0.15) is 28.1 Å². The van der Waals surface area contributed by atoms with Gasteiger partial charge >= 0.3 is 0 Å². The van der Waals surface area contributed by atoms with Crippen LogP contribution in [0.5, 0.6) is 0 Å². The van der Waals surface area contributed by atoms with Gasteiger partial charge in [-0.1, -0.05) is 36.4 Å². The molecule has 1 fully saturated rings. The number of hydrogen-bond acceptors (Lipinski definition) is 5. The van der Waals surface area contributed by atoms with Crippen molar-refractivity contribution in [1.29, 1.82) is 0 Å². The van der Waals surface area contributed by atoms with Crippen molar-refractivity contribution in [1.82, 2.24) is 10.3 Å². The van der Waals surface area contributed by atoms with E-state index >= 15 is 0 Å². The molecule has 1 N–H and O–H groups in total. The molecule has 0 bridgehead atoms. The summed E-state index contributed by atoms with van der Waals surface area (Å²) in [7, 11) is 0. The topological polar surface area (TPSA) is 53.9 Å². The number of ether oxygens (including phenoxy) is 1. The fourth-order valence-electron chi connectivity index (χ4n) is 3.55. The Bertz CT molecular complexity index is 895. The van der Waals surface area contributed by atoms with Crippen LogP contribution in [0.15, 0.2) is 69.8 Å². The van der Waals surface area contributed by atoms with Crippen molar-refractivity contribution in [2.24, 2.45) is 5.10 Å². The zero-order valence-corrected chi connectivity index (χ0v) is 16.5. The first-order valence-corrected chi connectivity index (χ1v) is 10.4. The molecular formula is C22H23N3O2S. The van der Waals surface area contributed by atoms with E-state index in [9.17, 15) is 4.79 Å². The van der Waals surface area contributed by atoms with Crippen molar-refractivity contribution in [2.45, 2.75) is 12.8 Å². The normalized spacial score (nSPS) is 19.0. The molecule has 2 aliphatic rings. The van der Waals surface area contributed by atoms with E-state index in [0.717, 1.165) is 44.7 Å². The molecule has 1 amide bonds. The lowest BCUT2D eigenvalue weighted by atomic mass is 10.1. The number of benzene rings is 1. The summed E-state index contributed by atoms with van der Waals surface area (Å²) in [5, 5.41) is 6.12. The molecule has 2 heterocycles. The number of morpholine rings is 1. The molecule has 5 nitrogen and oxygen atoms in total. The number of rotatable bonds is 5. The monoisotopic (exact) mass is 393 g/mol. The highest BCUT2D eigenvalue weighted by Crippen LogP contribution is 2.34. The van der Waals surface area contributed by atoms with E-state index in [1.54, 1.807) is 6.07 Å². The molecular weight excluding hydrogens is 370 g/mol. The van der Waals surface area contributed by atoms with E-state index in [0.29, 0.717) is 4.88 Å². The summed E-state index contributed by atoms with van der Waals surface area (Å²) in [6.45, 7) is 3.23. The Balaban J connectivity index is 1.57. The first kappa shape index (κ1) is 18.7. The van der Waals surface area contributed by atoms with Crippen LogP contribution in [0.25, 0.3) is 6.08 Å². The number of thiophene rings is 1. The Hall–Kier alpha value is -2.70. The van der Waals surface area contributed by atoms with Crippen LogP contribution in [-0.2, 0) is 4.74 Å². The summed E-state index contributed by atoms with van der Waals surface area (Å²) in [4.78, 5) is 15.1. The number of carbonyl (C=O) groups excluding carboxylic acids is 1. The highest BCUT2D eigenvalue weighted by molar-refractivity contribution is 7.12. The molecule has 0 radical (unpaired) electrons. The zero-order chi connectivity index (χ0) is 19.2. The maximum atomic E-state index is 12.1. The second-order valence-electron chi connectivity index (χ2n) is 6.73. The molecule has 0 spiro atoms. The quantitative estimate of drug-likeness (QED) is 0.619. The van der Waals surface area contributed by atoms with E-state index in [4.69, 9.17) is 4.74 Å². The molecule has 0 atom stereocenters. The smallest absolute Gasteiger partial charge is 0.281 e. The van der Waals surface area contributed by atoms with Crippen LogP contribution >= 0.6 is 11.3 Å². The molecule has 2 aromatic rings. The second-order valence-corrected chi connectivity index (χ2v) is 7.68. The molecule has 0 unspecified atom stereocenters. The Morgan fingerprint density at radius 2 is 1.93 bits per heavy atom. The van der Waals surface area contributed by atoms with Crippen molar-refractivity contribution in [3.63, 3.8) is 0 Å². The van der Waals surface area contributed by atoms with Crippen molar-refractivity contribution in [3.8, 4) is 0 Å². The molecule has 1 saturated heterocycles. The molecule has 0 saturated carbocycles. The van der Waals surface area contributed by atoms with Crippen LogP contribution in [0.3, 0.4) is 0 Å². The standard InChI is InChI=1S/C22H23N3O2S/c26-22(20-7-4-14-28-20)24-23-16-19-9-8-18(15-17-5-2-1-3-6-17)21(19)25-10-12-27-13-11-25/h1-7,14-16H,8-13H2,(H,24,26)/b18-15?,23-16-. The molecule has 1 aromatic heterocycles. The van der Waals surface area contributed by atoms with Gasteiger partial charge in [0.1, 0.15) is 0 Å². The largest absolute Gasteiger partial charge is 0.378 e. The van der Waals surface area contributed by atoms with Gasteiger partial charge in [-0.05, 0) is 47.1 Å².